The van der Waals surface area contributed by atoms with E-state index in [4.69, 9.17) is 5.11 Å². The van der Waals surface area contributed by atoms with Gasteiger partial charge in [-0.25, -0.2) is 14.7 Å². The molecule has 2 aliphatic rings. The molecule has 6 nitrogen and oxygen atoms in total. The number of anilines is 2. The molecular formula is C18H20N4O2S. The maximum absolute atomic E-state index is 13.3. The summed E-state index contributed by atoms with van der Waals surface area (Å²) in [5, 5.41) is 9.07. The van der Waals surface area contributed by atoms with Crippen LogP contribution < -0.4 is 4.90 Å². The van der Waals surface area contributed by atoms with Gasteiger partial charge in [0.2, 0.25) is 0 Å². The Morgan fingerprint density at radius 2 is 1.84 bits per heavy atom. The number of hydrogen-bond donors (Lipinski definition) is 1. The number of aliphatic hydroxyl groups excluding tert-OH is 1. The number of rotatable bonds is 2. The first-order valence-electron chi connectivity index (χ1n) is 8.42. The number of aliphatic hydroxyl groups is 1. The van der Waals surface area contributed by atoms with Crippen molar-refractivity contribution in [3.63, 3.8) is 0 Å². The minimum Gasteiger partial charge on any atom is -0.395 e. The molecule has 3 heterocycles. The average Bonchev–Trinajstić information content (AvgIpc) is 2.66. The second-order valence-corrected chi connectivity index (χ2v) is 7.15. The van der Waals surface area contributed by atoms with E-state index >= 15 is 0 Å². The molecule has 0 spiro atoms. The van der Waals surface area contributed by atoms with Gasteiger partial charge in [-0.3, -0.25) is 4.90 Å². The molecule has 25 heavy (non-hydrogen) atoms. The van der Waals surface area contributed by atoms with Crippen molar-refractivity contribution in [1.29, 1.82) is 0 Å². The Bertz CT molecular complexity index is 732. The van der Waals surface area contributed by atoms with E-state index in [9.17, 15) is 4.79 Å². The predicted octanol–water partition coefficient (Wildman–Crippen LogP) is 2.41. The average molecular weight is 356 g/mol. The van der Waals surface area contributed by atoms with Crippen LogP contribution in [0.25, 0.3) is 0 Å². The van der Waals surface area contributed by atoms with E-state index in [0.717, 1.165) is 28.6 Å². The van der Waals surface area contributed by atoms with E-state index in [1.54, 1.807) is 22.9 Å². The van der Waals surface area contributed by atoms with Crippen molar-refractivity contribution in [2.24, 2.45) is 0 Å². The molecule has 0 aliphatic carbocycles. The van der Waals surface area contributed by atoms with Crippen molar-refractivity contribution >= 4 is 29.3 Å². The van der Waals surface area contributed by atoms with Gasteiger partial charge >= 0.3 is 6.03 Å². The summed E-state index contributed by atoms with van der Waals surface area (Å²) in [6.45, 7) is 3.70. The highest BCUT2D eigenvalue weighted by molar-refractivity contribution is 7.99. The fraction of sp³-hybridized carbons (Fsp3) is 0.333. The fourth-order valence-corrected chi connectivity index (χ4v) is 4.26. The lowest BCUT2D eigenvalue weighted by Crippen LogP contribution is -2.52. The highest BCUT2D eigenvalue weighted by Gasteiger charge is 2.33. The standard InChI is InChI=1S/C18H20N4O2S/c23-13-12-20-8-10-21(11-9-20)18(24)22-14-4-1-2-5-15(14)25-16-6-3-7-19-17(16)22/h1-7,23H,8-13H2. The zero-order valence-electron chi connectivity index (χ0n) is 13.8. The van der Waals surface area contributed by atoms with Gasteiger partial charge in [0.1, 0.15) is 0 Å². The van der Waals surface area contributed by atoms with Gasteiger partial charge in [0.05, 0.1) is 17.2 Å². The summed E-state index contributed by atoms with van der Waals surface area (Å²) in [5.74, 6) is 0.703. The molecule has 0 bridgehead atoms. The van der Waals surface area contributed by atoms with Crippen LogP contribution in [0.15, 0.2) is 52.4 Å². The molecule has 4 rings (SSSR count). The third kappa shape index (κ3) is 3.10. The van der Waals surface area contributed by atoms with Crippen molar-refractivity contribution in [1.82, 2.24) is 14.8 Å². The monoisotopic (exact) mass is 356 g/mol. The SMILES string of the molecule is O=C(N1CCN(CCO)CC1)N1c2ccccc2Sc2cccnc21. The van der Waals surface area contributed by atoms with Gasteiger partial charge in [-0.15, -0.1) is 0 Å². The maximum atomic E-state index is 13.3. The zero-order valence-corrected chi connectivity index (χ0v) is 14.7. The van der Waals surface area contributed by atoms with E-state index in [0.29, 0.717) is 25.5 Å². The van der Waals surface area contributed by atoms with Gasteiger partial charge in [-0.1, -0.05) is 23.9 Å². The Morgan fingerprint density at radius 1 is 1.08 bits per heavy atom. The normalized spacial score (nSPS) is 17.2. The Labute approximate surface area is 151 Å². The Morgan fingerprint density at radius 3 is 2.64 bits per heavy atom. The quantitative estimate of drug-likeness (QED) is 0.895. The molecule has 1 fully saturated rings. The van der Waals surface area contributed by atoms with Crippen molar-refractivity contribution in [3.8, 4) is 0 Å². The number of hydrogen-bond acceptors (Lipinski definition) is 5. The number of para-hydroxylation sites is 1. The molecule has 0 saturated carbocycles. The molecule has 2 aromatic rings. The van der Waals surface area contributed by atoms with Gasteiger partial charge in [0.15, 0.2) is 5.82 Å². The lowest BCUT2D eigenvalue weighted by molar-refractivity contribution is 0.126. The summed E-state index contributed by atoms with van der Waals surface area (Å²) in [4.78, 5) is 25.6. The van der Waals surface area contributed by atoms with E-state index in [1.807, 2.05) is 41.3 Å². The summed E-state index contributed by atoms with van der Waals surface area (Å²) in [7, 11) is 0. The molecule has 2 amide bonds. The molecule has 130 valence electrons. The first kappa shape index (κ1) is 16.4. The maximum Gasteiger partial charge on any atom is 0.330 e. The molecule has 1 aromatic carbocycles. The smallest absolute Gasteiger partial charge is 0.330 e. The van der Waals surface area contributed by atoms with Crippen LogP contribution in [0.2, 0.25) is 0 Å². The first-order chi connectivity index (χ1) is 12.3. The molecule has 1 aromatic heterocycles. The van der Waals surface area contributed by atoms with Crippen molar-refractivity contribution < 1.29 is 9.90 Å². The van der Waals surface area contributed by atoms with Crippen LogP contribution in [-0.2, 0) is 0 Å². The third-order valence-electron chi connectivity index (χ3n) is 4.54. The molecule has 0 atom stereocenters. The number of urea groups is 1. The predicted molar refractivity (Wildman–Crippen MR) is 97.4 cm³/mol. The molecule has 2 aliphatic heterocycles. The number of β-amino-alcohol motifs (C(OH)–C–C–N with tert-alkyl or cyclic N) is 1. The summed E-state index contributed by atoms with van der Waals surface area (Å²) >= 11 is 1.65. The number of aromatic nitrogens is 1. The third-order valence-corrected chi connectivity index (χ3v) is 5.64. The molecule has 7 heteroatoms. The van der Waals surface area contributed by atoms with Crippen LogP contribution >= 0.6 is 11.8 Å². The van der Waals surface area contributed by atoms with Gasteiger partial charge in [-0.05, 0) is 24.3 Å². The van der Waals surface area contributed by atoms with Gasteiger partial charge in [0, 0.05) is 43.8 Å². The van der Waals surface area contributed by atoms with E-state index < -0.39 is 0 Å². The Kier molecular flexibility index (Phi) is 4.61. The summed E-state index contributed by atoms with van der Waals surface area (Å²) in [6, 6.07) is 11.8. The van der Waals surface area contributed by atoms with Crippen molar-refractivity contribution in [2.75, 3.05) is 44.2 Å². The number of nitrogens with zero attached hydrogens (tertiary/aromatic N) is 4. The van der Waals surface area contributed by atoms with Crippen LogP contribution in [0.4, 0.5) is 16.3 Å². The number of carbonyl (C=O) groups is 1. The van der Waals surface area contributed by atoms with E-state index in [1.165, 1.54) is 0 Å². The number of fused-ring (bicyclic) bond motifs is 2. The van der Waals surface area contributed by atoms with Gasteiger partial charge in [-0.2, -0.15) is 0 Å². The van der Waals surface area contributed by atoms with Crippen LogP contribution in [-0.4, -0.2) is 65.3 Å². The zero-order chi connectivity index (χ0) is 17.2. The molecular weight excluding hydrogens is 336 g/mol. The van der Waals surface area contributed by atoms with Crippen LogP contribution in [0.1, 0.15) is 0 Å². The topological polar surface area (TPSA) is 59.9 Å². The second kappa shape index (κ2) is 7.03. The number of benzene rings is 1. The number of pyridine rings is 1. The molecule has 0 unspecified atom stereocenters. The largest absolute Gasteiger partial charge is 0.395 e. The minimum absolute atomic E-state index is 0.0312. The van der Waals surface area contributed by atoms with Crippen LogP contribution in [0.3, 0.4) is 0 Å². The van der Waals surface area contributed by atoms with Crippen LogP contribution in [0, 0.1) is 0 Å². The van der Waals surface area contributed by atoms with Gasteiger partial charge < -0.3 is 10.0 Å². The summed E-state index contributed by atoms with van der Waals surface area (Å²) < 4.78 is 0. The summed E-state index contributed by atoms with van der Waals surface area (Å²) in [5.41, 5.74) is 0.890. The van der Waals surface area contributed by atoms with E-state index in [-0.39, 0.29) is 12.6 Å². The number of piperazine rings is 1. The molecule has 0 radical (unpaired) electrons. The molecule has 1 saturated heterocycles. The second-order valence-electron chi connectivity index (χ2n) is 6.07. The highest BCUT2D eigenvalue weighted by atomic mass is 32.2. The minimum atomic E-state index is -0.0312. The fourth-order valence-electron chi connectivity index (χ4n) is 3.23. The Balaban J connectivity index is 1.63. The molecule has 1 N–H and O–H groups in total. The van der Waals surface area contributed by atoms with Gasteiger partial charge in [0.25, 0.3) is 0 Å². The first-order valence-corrected chi connectivity index (χ1v) is 9.24. The van der Waals surface area contributed by atoms with Crippen molar-refractivity contribution in [3.05, 3.63) is 42.6 Å². The lowest BCUT2D eigenvalue weighted by Gasteiger charge is -2.38. The highest BCUT2D eigenvalue weighted by Crippen LogP contribution is 2.47. The van der Waals surface area contributed by atoms with Crippen molar-refractivity contribution in [2.45, 2.75) is 9.79 Å². The number of amides is 2. The number of carbonyl (C=O) groups excluding carboxylic acids is 1. The lowest BCUT2D eigenvalue weighted by atomic mass is 10.2. The van der Waals surface area contributed by atoms with Crippen LogP contribution in [0.5, 0.6) is 0 Å². The van der Waals surface area contributed by atoms with E-state index in [2.05, 4.69) is 9.88 Å². The summed E-state index contributed by atoms with van der Waals surface area (Å²) in [6.07, 6.45) is 1.73. The Hall–Kier alpha value is -2.09.